The molecular formula is C23H27N3O5S2. The van der Waals surface area contributed by atoms with Gasteiger partial charge in [0.15, 0.2) is 0 Å². The molecule has 2 aromatic carbocycles. The van der Waals surface area contributed by atoms with Crippen LogP contribution < -0.4 is 9.21 Å². The maximum atomic E-state index is 13.4. The monoisotopic (exact) mass is 489 g/mol. The summed E-state index contributed by atoms with van der Waals surface area (Å²) < 4.78 is 52.8. The van der Waals surface area contributed by atoms with Gasteiger partial charge >= 0.3 is 0 Å². The highest BCUT2D eigenvalue weighted by atomic mass is 32.2. The first-order valence-electron chi connectivity index (χ1n) is 11.2. The number of sulfonamides is 2. The predicted octanol–water partition coefficient (Wildman–Crippen LogP) is 2.39. The SMILES string of the molecule is CS(=O)(=O)N1CCc2cc(C(=O)N3CCCc4cc(S(=O)(=O)N5CCCC5)ccc43)ccc21. The Kier molecular flexibility index (Phi) is 5.49. The van der Waals surface area contributed by atoms with Crippen LogP contribution in [0.1, 0.15) is 40.7 Å². The molecule has 33 heavy (non-hydrogen) atoms. The first kappa shape index (κ1) is 22.4. The number of anilines is 2. The van der Waals surface area contributed by atoms with Crippen molar-refractivity contribution >= 4 is 37.3 Å². The van der Waals surface area contributed by atoms with Crippen LogP contribution in [0.3, 0.4) is 0 Å². The standard InChI is InChI=1S/C23H27N3O5S2/c1-32(28,29)26-14-10-18-15-19(6-8-22(18)26)23(27)25-13-4-5-17-16-20(7-9-21(17)25)33(30,31)24-11-2-3-12-24/h6-9,15-16H,2-5,10-14H2,1H3. The summed E-state index contributed by atoms with van der Waals surface area (Å²) in [5.74, 6) is -0.160. The maximum Gasteiger partial charge on any atom is 0.258 e. The van der Waals surface area contributed by atoms with Crippen molar-refractivity contribution in [3.8, 4) is 0 Å². The van der Waals surface area contributed by atoms with E-state index in [1.54, 1.807) is 41.3 Å². The first-order valence-corrected chi connectivity index (χ1v) is 14.5. The number of rotatable bonds is 4. The lowest BCUT2D eigenvalue weighted by molar-refractivity contribution is 0.0985. The van der Waals surface area contributed by atoms with Crippen molar-refractivity contribution in [1.29, 1.82) is 0 Å². The van der Waals surface area contributed by atoms with Crippen molar-refractivity contribution in [1.82, 2.24) is 4.31 Å². The van der Waals surface area contributed by atoms with Gasteiger partial charge < -0.3 is 4.90 Å². The number of carbonyl (C=O) groups excluding carboxylic acids is 1. The van der Waals surface area contributed by atoms with Crippen LogP contribution in [0.5, 0.6) is 0 Å². The molecular weight excluding hydrogens is 462 g/mol. The van der Waals surface area contributed by atoms with Crippen LogP contribution in [0.2, 0.25) is 0 Å². The predicted molar refractivity (Wildman–Crippen MR) is 127 cm³/mol. The van der Waals surface area contributed by atoms with Gasteiger partial charge in [-0.1, -0.05) is 0 Å². The molecule has 0 atom stereocenters. The third-order valence-electron chi connectivity index (χ3n) is 6.70. The second-order valence-electron chi connectivity index (χ2n) is 8.89. The van der Waals surface area contributed by atoms with E-state index in [9.17, 15) is 21.6 Å². The fourth-order valence-corrected chi connectivity index (χ4v) is 7.55. The number of carbonyl (C=O) groups is 1. The maximum absolute atomic E-state index is 13.4. The summed E-state index contributed by atoms with van der Waals surface area (Å²) in [4.78, 5) is 15.4. The van der Waals surface area contributed by atoms with Crippen LogP contribution in [0.15, 0.2) is 41.3 Å². The molecule has 3 heterocycles. The van der Waals surface area contributed by atoms with Crippen molar-refractivity contribution in [2.45, 2.75) is 37.0 Å². The van der Waals surface area contributed by atoms with Gasteiger partial charge in [-0.25, -0.2) is 16.8 Å². The van der Waals surface area contributed by atoms with Gasteiger partial charge in [0.05, 0.1) is 16.8 Å². The van der Waals surface area contributed by atoms with E-state index in [-0.39, 0.29) is 10.8 Å². The Morgan fingerprint density at radius 1 is 0.788 bits per heavy atom. The number of hydrogen-bond acceptors (Lipinski definition) is 5. The lowest BCUT2D eigenvalue weighted by Gasteiger charge is -2.30. The van der Waals surface area contributed by atoms with Crippen LogP contribution in [0.25, 0.3) is 0 Å². The van der Waals surface area contributed by atoms with Crippen LogP contribution in [0, 0.1) is 0 Å². The van der Waals surface area contributed by atoms with Crippen molar-refractivity contribution < 1.29 is 21.6 Å². The average molecular weight is 490 g/mol. The third kappa shape index (κ3) is 3.94. The van der Waals surface area contributed by atoms with Gasteiger partial charge in [-0.15, -0.1) is 0 Å². The first-order chi connectivity index (χ1) is 15.7. The molecule has 0 bridgehead atoms. The quantitative estimate of drug-likeness (QED) is 0.657. The number of fused-ring (bicyclic) bond motifs is 2. The number of aryl methyl sites for hydroxylation is 1. The van der Waals surface area contributed by atoms with E-state index in [4.69, 9.17) is 0 Å². The van der Waals surface area contributed by atoms with Gasteiger partial charge in [0, 0.05) is 37.4 Å². The summed E-state index contributed by atoms with van der Waals surface area (Å²) in [5.41, 5.74) is 3.58. The Labute approximate surface area is 194 Å². The zero-order valence-electron chi connectivity index (χ0n) is 18.5. The smallest absolute Gasteiger partial charge is 0.258 e. The molecule has 1 fully saturated rings. The molecule has 5 rings (SSSR count). The molecule has 0 unspecified atom stereocenters. The van der Waals surface area contributed by atoms with Gasteiger partial charge in [-0.3, -0.25) is 9.10 Å². The zero-order chi connectivity index (χ0) is 23.4. The molecule has 0 aliphatic carbocycles. The summed E-state index contributed by atoms with van der Waals surface area (Å²) in [6, 6.07) is 10.2. The summed E-state index contributed by atoms with van der Waals surface area (Å²) in [6.45, 7) is 2.04. The van der Waals surface area contributed by atoms with Gasteiger partial charge in [0.1, 0.15) is 0 Å². The van der Waals surface area contributed by atoms with E-state index in [1.807, 2.05) is 0 Å². The van der Waals surface area contributed by atoms with E-state index in [2.05, 4.69) is 0 Å². The van der Waals surface area contributed by atoms with Gasteiger partial charge in [0.2, 0.25) is 20.0 Å². The normalized spacial score (nSPS) is 18.9. The van der Waals surface area contributed by atoms with Crippen molar-refractivity contribution in [2.75, 3.05) is 41.6 Å². The van der Waals surface area contributed by atoms with Gasteiger partial charge in [-0.05, 0) is 79.6 Å². The van der Waals surface area contributed by atoms with Gasteiger partial charge in [0.25, 0.3) is 5.91 Å². The summed E-state index contributed by atoms with van der Waals surface area (Å²) in [6.07, 6.45) is 4.99. The molecule has 1 saturated heterocycles. The number of hydrogen-bond donors (Lipinski definition) is 0. The summed E-state index contributed by atoms with van der Waals surface area (Å²) in [5, 5.41) is 0. The second-order valence-corrected chi connectivity index (χ2v) is 12.7. The highest BCUT2D eigenvalue weighted by Crippen LogP contribution is 2.34. The second kappa shape index (κ2) is 8.11. The molecule has 1 amide bonds. The molecule has 0 saturated carbocycles. The minimum atomic E-state index is -3.51. The molecule has 3 aliphatic rings. The molecule has 8 nitrogen and oxygen atoms in total. The van der Waals surface area contributed by atoms with E-state index in [1.165, 1.54) is 14.9 Å². The van der Waals surface area contributed by atoms with E-state index in [0.29, 0.717) is 43.9 Å². The molecule has 0 aromatic heterocycles. The van der Waals surface area contributed by atoms with E-state index >= 15 is 0 Å². The topological polar surface area (TPSA) is 95.1 Å². The van der Waals surface area contributed by atoms with Crippen molar-refractivity contribution in [3.05, 3.63) is 53.1 Å². The molecule has 2 aromatic rings. The average Bonchev–Trinajstić information content (AvgIpc) is 3.47. The van der Waals surface area contributed by atoms with E-state index in [0.717, 1.165) is 42.5 Å². The van der Waals surface area contributed by atoms with Crippen LogP contribution in [0.4, 0.5) is 11.4 Å². The highest BCUT2D eigenvalue weighted by molar-refractivity contribution is 7.92. The Bertz CT molecular complexity index is 1330. The Morgan fingerprint density at radius 3 is 2.21 bits per heavy atom. The Balaban J connectivity index is 1.44. The van der Waals surface area contributed by atoms with Crippen molar-refractivity contribution in [2.24, 2.45) is 0 Å². The minimum Gasteiger partial charge on any atom is -0.308 e. The molecule has 3 aliphatic heterocycles. The summed E-state index contributed by atoms with van der Waals surface area (Å²) >= 11 is 0. The fourth-order valence-electron chi connectivity index (χ4n) is 5.03. The highest BCUT2D eigenvalue weighted by Gasteiger charge is 2.31. The largest absolute Gasteiger partial charge is 0.308 e. The van der Waals surface area contributed by atoms with Gasteiger partial charge in [-0.2, -0.15) is 4.31 Å². The summed E-state index contributed by atoms with van der Waals surface area (Å²) in [7, 11) is -6.86. The third-order valence-corrected chi connectivity index (χ3v) is 9.77. The zero-order valence-corrected chi connectivity index (χ0v) is 20.2. The van der Waals surface area contributed by atoms with Crippen LogP contribution in [-0.2, 0) is 32.9 Å². The number of benzene rings is 2. The minimum absolute atomic E-state index is 0.160. The molecule has 0 spiro atoms. The van der Waals surface area contributed by atoms with Crippen molar-refractivity contribution in [3.63, 3.8) is 0 Å². The van der Waals surface area contributed by atoms with E-state index < -0.39 is 20.0 Å². The fraction of sp³-hybridized carbons (Fsp3) is 0.435. The molecule has 0 N–H and O–H groups in total. The van der Waals surface area contributed by atoms with Crippen LogP contribution in [-0.4, -0.2) is 59.5 Å². The number of amides is 1. The van der Waals surface area contributed by atoms with Crippen LogP contribution >= 0.6 is 0 Å². The number of nitrogens with zero attached hydrogens (tertiary/aromatic N) is 3. The Morgan fingerprint density at radius 2 is 1.48 bits per heavy atom. The Hall–Kier alpha value is -2.43. The molecule has 0 radical (unpaired) electrons. The molecule has 10 heteroatoms. The molecule has 176 valence electrons. The lowest BCUT2D eigenvalue weighted by atomic mass is 10.00. The lowest BCUT2D eigenvalue weighted by Crippen LogP contribution is -2.36.